The Bertz CT molecular complexity index is 1250. The van der Waals surface area contributed by atoms with Gasteiger partial charge >= 0.3 is 0 Å². The zero-order valence-electron chi connectivity index (χ0n) is 15.9. The quantitative estimate of drug-likeness (QED) is 0.494. The van der Waals surface area contributed by atoms with Crippen molar-refractivity contribution in [3.8, 4) is 5.69 Å². The first-order valence-corrected chi connectivity index (χ1v) is 10.9. The van der Waals surface area contributed by atoms with E-state index in [0.29, 0.717) is 0 Å². The summed E-state index contributed by atoms with van der Waals surface area (Å²) in [6, 6.07) is 20.7. The van der Waals surface area contributed by atoms with E-state index in [-0.39, 0.29) is 28.7 Å². The summed E-state index contributed by atoms with van der Waals surface area (Å²) >= 11 is 0. The van der Waals surface area contributed by atoms with Crippen LogP contribution in [0.2, 0.25) is 0 Å². The minimum absolute atomic E-state index is 0.0590. The van der Waals surface area contributed by atoms with Crippen molar-refractivity contribution < 1.29 is 17.6 Å². The molecule has 0 aliphatic rings. The number of carbonyl (C=O) groups excluding carboxylic acids is 1. The van der Waals surface area contributed by atoms with Gasteiger partial charge in [-0.05, 0) is 36.4 Å². The van der Waals surface area contributed by atoms with Crippen LogP contribution >= 0.6 is 0 Å². The summed E-state index contributed by atoms with van der Waals surface area (Å²) in [5, 5.41) is 7.04. The normalized spacial score (nSPS) is 11.3. The lowest BCUT2D eigenvalue weighted by Crippen LogP contribution is -2.22. The average molecular weight is 421 g/mol. The summed E-state index contributed by atoms with van der Waals surface area (Å²) in [5.74, 6) is -0.468. The smallest absolute Gasteiger partial charge is 0.287 e. The van der Waals surface area contributed by atoms with Crippen LogP contribution in [-0.4, -0.2) is 24.1 Å². The number of benzene rings is 2. The Hall–Kier alpha value is -3.65. The van der Waals surface area contributed by atoms with Crippen LogP contribution in [0.25, 0.3) is 5.69 Å². The Morgan fingerprint density at radius 1 is 0.967 bits per heavy atom. The molecule has 0 aliphatic heterocycles. The fraction of sp³-hybridized carbons (Fsp3) is 0.0909. The topological polar surface area (TPSA) is 94.2 Å². The van der Waals surface area contributed by atoms with E-state index in [2.05, 4.69) is 10.4 Å². The van der Waals surface area contributed by atoms with Gasteiger partial charge in [-0.2, -0.15) is 5.10 Å². The van der Waals surface area contributed by atoms with E-state index in [1.165, 1.54) is 24.3 Å². The third-order valence-electron chi connectivity index (χ3n) is 4.43. The number of amides is 1. The highest BCUT2D eigenvalue weighted by Crippen LogP contribution is 2.18. The number of nitrogens with one attached hydrogen (secondary N) is 1. The Morgan fingerprint density at radius 2 is 1.67 bits per heavy atom. The number of rotatable bonds is 7. The van der Waals surface area contributed by atoms with Crippen molar-refractivity contribution in [2.24, 2.45) is 0 Å². The van der Waals surface area contributed by atoms with Gasteiger partial charge in [-0.25, -0.2) is 13.1 Å². The first-order chi connectivity index (χ1) is 14.5. The molecule has 0 radical (unpaired) electrons. The molecule has 2 aromatic carbocycles. The predicted octanol–water partition coefficient (Wildman–Crippen LogP) is 3.37. The molecule has 0 bridgehead atoms. The zero-order valence-corrected chi connectivity index (χ0v) is 16.7. The summed E-state index contributed by atoms with van der Waals surface area (Å²) in [6.45, 7) is 0.268. The number of aromatic nitrogens is 2. The molecule has 0 spiro atoms. The van der Waals surface area contributed by atoms with E-state index in [0.717, 1.165) is 11.3 Å². The second-order valence-corrected chi connectivity index (χ2v) is 8.64. The molecule has 0 saturated carbocycles. The Labute approximate surface area is 173 Å². The third-order valence-corrected chi connectivity index (χ3v) is 6.08. The summed E-state index contributed by atoms with van der Waals surface area (Å²) < 4.78 is 32.1. The number of para-hydroxylation sites is 1. The van der Waals surface area contributed by atoms with E-state index < -0.39 is 15.7 Å². The average Bonchev–Trinajstić information content (AvgIpc) is 3.43. The van der Waals surface area contributed by atoms with Crippen molar-refractivity contribution in [3.63, 3.8) is 0 Å². The molecule has 152 valence electrons. The number of furan rings is 1. The molecule has 1 N–H and O–H groups in total. The highest BCUT2D eigenvalue weighted by atomic mass is 32.2. The second-order valence-electron chi connectivity index (χ2n) is 6.65. The first kappa shape index (κ1) is 19.7. The van der Waals surface area contributed by atoms with Crippen molar-refractivity contribution in [2.75, 3.05) is 0 Å². The molecule has 0 saturated heterocycles. The highest BCUT2D eigenvalue weighted by Gasteiger charge is 2.19. The van der Waals surface area contributed by atoms with Crippen LogP contribution in [0.1, 0.15) is 21.9 Å². The summed E-state index contributed by atoms with van der Waals surface area (Å²) in [6.07, 6.45) is 3.50. The van der Waals surface area contributed by atoms with Gasteiger partial charge in [0.1, 0.15) is 11.5 Å². The number of carbonyl (C=O) groups is 1. The lowest BCUT2D eigenvalue weighted by Gasteiger charge is -2.03. The molecular weight excluding hydrogens is 402 g/mol. The molecular formula is C22H19N3O4S. The van der Waals surface area contributed by atoms with Crippen LogP contribution < -0.4 is 5.32 Å². The van der Waals surface area contributed by atoms with Gasteiger partial charge in [0.15, 0.2) is 15.6 Å². The monoisotopic (exact) mass is 421 g/mol. The van der Waals surface area contributed by atoms with Gasteiger partial charge in [-0.1, -0.05) is 36.4 Å². The second kappa shape index (κ2) is 8.38. The predicted molar refractivity (Wildman–Crippen MR) is 111 cm³/mol. The van der Waals surface area contributed by atoms with Crippen molar-refractivity contribution >= 4 is 15.7 Å². The maximum atomic E-state index is 12.4. The molecule has 0 aliphatic carbocycles. The first-order valence-electron chi connectivity index (χ1n) is 9.25. The molecule has 4 rings (SSSR count). The summed E-state index contributed by atoms with van der Waals surface area (Å²) in [5.41, 5.74) is 1.75. The molecule has 0 unspecified atom stereocenters. The molecule has 8 heteroatoms. The summed E-state index contributed by atoms with van der Waals surface area (Å²) in [7, 11) is -3.54. The van der Waals surface area contributed by atoms with E-state index in [9.17, 15) is 13.2 Å². The van der Waals surface area contributed by atoms with Gasteiger partial charge in [0.2, 0.25) is 0 Å². The Kier molecular flexibility index (Phi) is 5.49. The van der Waals surface area contributed by atoms with Gasteiger partial charge < -0.3 is 9.73 Å². The minimum atomic E-state index is -3.54. The Balaban J connectivity index is 1.37. The minimum Gasteiger partial charge on any atom is -0.455 e. The Morgan fingerprint density at radius 3 is 2.40 bits per heavy atom. The maximum absolute atomic E-state index is 12.4. The van der Waals surface area contributed by atoms with Crippen molar-refractivity contribution in [1.82, 2.24) is 15.1 Å². The molecule has 7 nitrogen and oxygen atoms in total. The molecule has 30 heavy (non-hydrogen) atoms. The van der Waals surface area contributed by atoms with Gasteiger partial charge in [0.25, 0.3) is 5.91 Å². The zero-order chi connectivity index (χ0) is 21.0. The van der Waals surface area contributed by atoms with E-state index in [1.807, 2.05) is 36.5 Å². The third kappa shape index (κ3) is 4.49. The molecule has 0 fully saturated rings. The van der Waals surface area contributed by atoms with Crippen molar-refractivity contribution in [3.05, 3.63) is 102 Å². The van der Waals surface area contributed by atoms with Crippen molar-refractivity contribution in [1.29, 1.82) is 0 Å². The van der Waals surface area contributed by atoms with Crippen LogP contribution in [0, 0.1) is 0 Å². The number of sulfone groups is 1. The molecule has 4 aromatic rings. The molecule has 0 atom stereocenters. The van der Waals surface area contributed by atoms with Gasteiger partial charge in [-0.3, -0.25) is 4.79 Å². The van der Waals surface area contributed by atoms with Crippen LogP contribution in [0.4, 0.5) is 0 Å². The van der Waals surface area contributed by atoms with E-state index in [4.69, 9.17) is 4.42 Å². The largest absolute Gasteiger partial charge is 0.455 e. The van der Waals surface area contributed by atoms with Crippen molar-refractivity contribution in [2.45, 2.75) is 17.2 Å². The van der Waals surface area contributed by atoms with E-state index in [1.54, 1.807) is 29.1 Å². The fourth-order valence-electron chi connectivity index (χ4n) is 2.92. The summed E-state index contributed by atoms with van der Waals surface area (Å²) in [4.78, 5) is 12.6. The SMILES string of the molecule is O=C(NCc1cnn(-c2ccccc2)c1)c1ccc(CS(=O)(=O)c2ccccc2)o1. The fourth-order valence-corrected chi connectivity index (χ4v) is 4.19. The van der Waals surface area contributed by atoms with Gasteiger partial charge in [0, 0.05) is 18.3 Å². The number of nitrogens with zero attached hydrogens (tertiary/aromatic N) is 2. The molecule has 2 aromatic heterocycles. The van der Waals surface area contributed by atoms with Crippen LogP contribution in [0.5, 0.6) is 0 Å². The van der Waals surface area contributed by atoms with E-state index >= 15 is 0 Å². The number of hydrogen-bond acceptors (Lipinski definition) is 5. The molecule has 2 heterocycles. The highest BCUT2D eigenvalue weighted by molar-refractivity contribution is 7.90. The van der Waals surface area contributed by atoms with Gasteiger partial charge in [0.05, 0.1) is 16.8 Å². The molecule has 1 amide bonds. The lowest BCUT2D eigenvalue weighted by atomic mass is 10.3. The van der Waals surface area contributed by atoms with Crippen LogP contribution in [0.3, 0.4) is 0 Å². The maximum Gasteiger partial charge on any atom is 0.287 e. The lowest BCUT2D eigenvalue weighted by molar-refractivity contribution is 0.0921. The van der Waals surface area contributed by atoms with Crippen LogP contribution in [-0.2, 0) is 22.1 Å². The van der Waals surface area contributed by atoms with Crippen LogP contribution in [0.15, 0.2) is 94.5 Å². The standard InChI is InChI=1S/C22H19N3O4S/c26-22(23-13-17-14-24-25(15-17)18-7-3-1-4-8-18)21-12-11-19(29-21)16-30(27,28)20-9-5-2-6-10-20/h1-12,14-15H,13,16H2,(H,23,26). The van der Waals surface area contributed by atoms with Gasteiger partial charge in [-0.15, -0.1) is 0 Å². The number of hydrogen-bond donors (Lipinski definition) is 1.